The lowest BCUT2D eigenvalue weighted by molar-refractivity contribution is -0.141. The number of carbonyl (C=O) groups is 3. The number of nitrogens with zero attached hydrogens (tertiary/aromatic N) is 1. The van der Waals surface area contributed by atoms with Gasteiger partial charge in [-0.2, -0.15) is 0 Å². The van der Waals surface area contributed by atoms with Crippen molar-refractivity contribution in [3.63, 3.8) is 0 Å². The molecule has 0 spiro atoms. The van der Waals surface area contributed by atoms with Gasteiger partial charge in [0.05, 0.1) is 11.3 Å². The number of hydrogen-bond donors (Lipinski definition) is 2. The Morgan fingerprint density at radius 3 is 2.91 bits per heavy atom. The number of benzene rings is 1. The molecule has 0 unspecified atom stereocenters. The van der Waals surface area contributed by atoms with Crippen LogP contribution in [0, 0.1) is 0 Å². The molecule has 7 nitrogen and oxygen atoms in total. The summed E-state index contributed by atoms with van der Waals surface area (Å²) < 4.78 is 5.78. The lowest BCUT2D eigenvalue weighted by Gasteiger charge is -2.24. The summed E-state index contributed by atoms with van der Waals surface area (Å²) in [6, 6.07) is 2.32. The predicted octanol–water partition coefficient (Wildman–Crippen LogP) is 1.47. The summed E-state index contributed by atoms with van der Waals surface area (Å²) in [5, 5.41) is 11.8. The molecule has 0 bridgehead atoms. The first-order chi connectivity index (χ1) is 10.5. The lowest BCUT2D eigenvalue weighted by atomic mass is 10.1. The molecule has 116 valence electrons. The van der Waals surface area contributed by atoms with Crippen LogP contribution in [0.4, 0.5) is 5.69 Å². The quantitative estimate of drug-likeness (QED) is 0.823. The number of amides is 2. The van der Waals surface area contributed by atoms with Crippen LogP contribution < -0.4 is 10.1 Å². The number of aliphatic carboxylic acids is 1. The predicted molar refractivity (Wildman–Crippen MR) is 80.0 cm³/mol. The minimum Gasteiger partial charge on any atom is -0.482 e. The fourth-order valence-corrected chi connectivity index (χ4v) is 3.20. The zero-order valence-corrected chi connectivity index (χ0v) is 13.1. The Bertz CT molecular complexity index is 675. The number of carboxylic acid groups (broad SMARTS) is 1. The number of anilines is 1. The van der Waals surface area contributed by atoms with E-state index in [0.29, 0.717) is 40.9 Å². The molecule has 8 heteroatoms. The van der Waals surface area contributed by atoms with Crippen molar-refractivity contribution in [2.45, 2.75) is 18.9 Å². The summed E-state index contributed by atoms with van der Waals surface area (Å²) in [7, 11) is 0. The molecule has 1 aromatic rings. The molecule has 2 aliphatic heterocycles. The number of hydrogen-bond acceptors (Lipinski definition) is 4. The smallest absolute Gasteiger partial charge is 0.326 e. The number of likely N-dealkylation sites (tertiary alicyclic amines) is 1. The maximum atomic E-state index is 12.6. The maximum Gasteiger partial charge on any atom is 0.326 e. The second-order valence-electron chi connectivity index (χ2n) is 5.16. The van der Waals surface area contributed by atoms with Crippen molar-refractivity contribution >= 4 is 39.4 Å². The van der Waals surface area contributed by atoms with E-state index < -0.39 is 12.0 Å². The fraction of sp³-hybridized carbons (Fsp3) is 0.357. The molecule has 22 heavy (non-hydrogen) atoms. The summed E-state index contributed by atoms with van der Waals surface area (Å²) in [4.78, 5) is 36.5. The highest BCUT2D eigenvalue weighted by molar-refractivity contribution is 9.10. The van der Waals surface area contributed by atoms with Gasteiger partial charge in [-0.1, -0.05) is 0 Å². The molecular weight excluding hydrogens is 356 g/mol. The Morgan fingerprint density at radius 2 is 2.18 bits per heavy atom. The Hall–Kier alpha value is -2.09. The van der Waals surface area contributed by atoms with E-state index in [2.05, 4.69) is 21.2 Å². The second-order valence-corrected chi connectivity index (χ2v) is 6.01. The van der Waals surface area contributed by atoms with Crippen LogP contribution in [0.5, 0.6) is 5.75 Å². The van der Waals surface area contributed by atoms with Crippen LogP contribution in [0.25, 0.3) is 0 Å². The first-order valence-electron chi connectivity index (χ1n) is 6.77. The van der Waals surface area contributed by atoms with Gasteiger partial charge in [0.15, 0.2) is 6.61 Å². The van der Waals surface area contributed by atoms with E-state index in [9.17, 15) is 19.5 Å². The zero-order chi connectivity index (χ0) is 15.9. The van der Waals surface area contributed by atoms with Crippen molar-refractivity contribution in [3.05, 3.63) is 22.2 Å². The Labute approximate surface area is 134 Å². The van der Waals surface area contributed by atoms with E-state index in [1.807, 2.05) is 0 Å². The minimum atomic E-state index is -0.997. The molecule has 2 amide bonds. The summed E-state index contributed by atoms with van der Waals surface area (Å²) in [5.41, 5.74) is 0.805. The highest BCUT2D eigenvalue weighted by Crippen LogP contribution is 2.35. The van der Waals surface area contributed by atoms with E-state index in [1.54, 1.807) is 6.07 Å². The number of halogens is 1. The molecule has 0 radical (unpaired) electrons. The zero-order valence-electron chi connectivity index (χ0n) is 11.5. The Balaban J connectivity index is 1.93. The first kappa shape index (κ1) is 14.8. The van der Waals surface area contributed by atoms with Crippen LogP contribution in [0.15, 0.2) is 16.6 Å². The van der Waals surface area contributed by atoms with E-state index in [1.165, 1.54) is 11.0 Å². The second kappa shape index (κ2) is 5.60. The molecule has 1 fully saturated rings. The number of rotatable bonds is 2. The van der Waals surface area contributed by atoms with Gasteiger partial charge >= 0.3 is 5.97 Å². The number of nitrogens with one attached hydrogen (secondary N) is 1. The van der Waals surface area contributed by atoms with Crippen LogP contribution in [0.2, 0.25) is 0 Å². The summed E-state index contributed by atoms with van der Waals surface area (Å²) >= 11 is 3.30. The number of fused-ring (bicyclic) bond motifs is 1. The largest absolute Gasteiger partial charge is 0.482 e. The van der Waals surface area contributed by atoms with Gasteiger partial charge < -0.3 is 20.1 Å². The molecule has 1 aromatic carbocycles. The fourth-order valence-electron chi connectivity index (χ4n) is 2.69. The maximum absolute atomic E-state index is 12.6. The third-order valence-electron chi connectivity index (χ3n) is 3.73. The summed E-state index contributed by atoms with van der Waals surface area (Å²) in [6.45, 7) is 0.306. The molecule has 1 saturated heterocycles. The molecule has 1 atom stereocenters. The monoisotopic (exact) mass is 368 g/mol. The number of carbonyl (C=O) groups excluding carboxylic acids is 2. The third-order valence-corrected chi connectivity index (χ3v) is 4.39. The van der Waals surface area contributed by atoms with Crippen LogP contribution in [0.1, 0.15) is 23.2 Å². The molecule has 2 aliphatic rings. The molecule has 0 aromatic heterocycles. The minimum absolute atomic E-state index is 0.107. The van der Waals surface area contributed by atoms with E-state index in [-0.39, 0.29) is 18.4 Å². The molecule has 2 N–H and O–H groups in total. The molecule has 0 saturated carbocycles. The van der Waals surface area contributed by atoms with Crippen molar-refractivity contribution in [3.8, 4) is 5.75 Å². The normalized spacial score (nSPS) is 20.1. The van der Waals surface area contributed by atoms with Crippen molar-refractivity contribution in [1.82, 2.24) is 4.90 Å². The van der Waals surface area contributed by atoms with Crippen LogP contribution in [0.3, 0.4) is 0 Å². The molecule has 2 heterocycles. The number of ether oxygens (including phenoxy) is 1. The van der Waals surface area contributed by atoms with Gasteiger partial charge in [-0.25, -0.2) is 4.79 Å². The number of carboxylic acids is 1. The highest BCUT2D eigenvalue weighted by Gasteiger charge is 2.35. The third kappa shape index (κ3) is 2.54. The van der Waals surface area contributed by atoms with Crippen molar-refractivity contribution < 1.29 is 24.2 Å². The van der Waals surface area contributed by atoms with Crippen LogP contribution in [-0.2, 0) is 9.59 Å². The molecular formula is C14H13BrN2O5. The van der Waals surface area contributed by atoms with Gasteiger partial charge in [-0.05, 0) is 40.9 Å². The topological polar surface area (TPSA) is 95.9 Å². The van der Waals surface area contributed by atoms with E-state index in [4.69, 9.17) is 4.74 Å². The lowest BCUT2D eigenvalue weighted by Crippen LogP contribution is -2.40. The van der Waals surface area contributed by atoms with Gasteiger partial charge in [-0.3, -0.25) is 9.59 Å². The van der Waals surface area contributed by atoms with Crippen molar-refractivity contribution in [2.75, 3.05) is 18.5 Å². The molecule has 3 rings (SSSR count). The first-order valence-corrected chi connectivity index (χ1v) is 7.56. The van der Waals surface area contributed by atoms with Gasteiger partial charge in [0, 0.05) is 11.0 Å². The standard InChI is InChI=1S/C14H13BrN2O5/c15-8-5-9-11(22-6-12(18)16-9)4-7(8)13(19)17-3-1-2-10(17)14(20)21/h4-5,10H,1-3,6H2,(H,16,18)(H,20,21)/t10-/m0/s1. The Kier molecular flexibility index (Phi) is 3.78. The summed E-state index contributed by atoms with van der Waals surface area (Å²) in [6.07, 6.45) is 1.12. The van der Waals surface area contributed by atoms with E-state index in [0.717, 1.165) is 0 Å². The van der Waals surface area contributed by atoms with Crippen molar-refractivity contribution in [1.29, 1.82) is 0 Å². The highest BCUT2D eigenvalue weighted by atomic mass is 79.9. The van der Waals surface area contributed by atoms with Gasteiger partial charge in [-0.15, -0.1) is 0 Å². The van der Waals surface area contributed by atoms with Gasteiger partial charge in [0.2, 0.25) is 0 Å². The van der Waals surface area contributed by atoms with Crippen LogP contribution in [-0.4, -0.2) is 47.0 Å². The average molecular weight is 369 g/mol. The van der Waals surface area contributed by atoms with Gasteiger partial charge in [0.1, 0.15) is 11.8 Å². The molecule has 0 aliphatic carbocycles. The van der Waals surface area contributed by atoms with E-state index >= 15 is 0 Å². The van der Waals surface area contributed by atoms with Gasteiger partial charge in [0.25, 0.3) is 11.8 Å². The van der Waals surface area contributed by atoms with Crippen molar-refractivity contribution in [2.24, 2.45) is 0 Å². The summed E-state index contributed by atoms with van der Waals surface area (Å²) in [5.74, 6) is -1.22. The average Bonchev–Trinajstić information content (AvgIpc) is 2.95. The van der Waals surface area contributed by atoms with Crippen LogP contribution >= 0.6 is 15.9 Å². The Morgan fingerprint density at radius 1 is 1.41 bits per heavy atom. The SMILES string of the molecule is O=C1COc2cc(C(=O)N3CCC[C@H]3C(=O)O)c(Br)cc2N1.